The van der Waals surface area contributed by atoms with Crippen LogP contribution in [0, 0.1) is 0 Å². The molecule has 2 N–H and O–H groups in total. The second kappa shape index (κ2) is 3.53. The number of hydrogen-bond donors (Lipinski definition) is 2. The lowest BCUT2D eigenvalue weighted by molar-refractivity contribution is -0.274. The number of nitrogens with one attached hydrogen (secondary N) is 1. The third-order valence-corrected chi connectivity index (χ3v) is 1.22. The molecule has 0 fully saturated rings. The van der Waals surface area contributed by atoms with Gasteiger partial charge in [0.25, 0.3) is 0 Å². The lowest BCUT2D eigenvalue weighted by atomic mass is 10.3. The summed E-state index contributed by atoms with van der Waals surface area (Å²) >= 11 is 0. The maximum absolute atomic E-state index is 11.6. The maximum atomic E-state index is 11.6. The number of rotatable bonds is 2. The Hall–Kier alpha value is -1.43. The molecule has 0 atom stereocenters. The van der Waals surface area contributed by atoms with E-state index in [4.69, 9.17) is 5.21 Å². The number of alkyl halides is 3. The first-order chi connectivity index (χ1) is 6.01. The van der Waals surface area contributed by atoms with Gasteiger partial charge in [0, 0.05) is 0 Å². The molecule has 0 aliphatic rings. The first-order valence-corrected chi connectivity index (χ1v) is 3.27. The van der Waals surface area contributed by atoms with Crippen molar-refractivity contribution < 1.29 is 23.1 Å². The second-order valence-corrected chi connectivity index (χ2v) is 2.18. The van der Waals surface area contributed by atoms with Gasteiger partial charge in [0.2, 0.25) is 0 Å². The van der Waals surface area contributed by atoms with Crippen LogP contribution >= 0.6 is 0 Å². The lowest BCUT2D eigenvalue weighted by Crippen LogP contribution is -2.16. The van der Waals surface area contributed by atoms with E-state index in [1.165, 1.54) is 12.1 Å². The Morgan fingerprint density at radius 3 is 2.08 bits per heavy atom. The van der Waals surface area contributed by atoms with Gasteiger partial charge in [-0.25, -0.2) is 0 Å². The highest BCUT2D eigenvalue weighted by Crippen LogP contribution is 2.23. The fourth-order valence-electron chi connectivity index (χ4n) is 0.731. The molecule has 0 aromatic heterocycles. The summed E-state index contributed by atoms with van der Waals surface area (Å²) in [5.74, 6) is -0.327. The van der Waals surface area contributed by atoms with Gasteiger partial charge in [-0.3, -0.25) is 10.7 Å². The Bertz CT molecular complexity index is 270. The minimum absolute atomic E-state index is 0.287. The highest BCUT2D eigenvalue weighted by atomic mass is 19.4. The molecule has 3 nitrogen and oxygen atoms in total. The van der Waals surface area contributed by atoms with Gasteiger partial charge in [0.15, 0.2) is 0 Å². The van der Waals surface area contributed by atoms with Crippen molar-refractivity contribution in [2.45, 2.75) is 6.36 Å². The molecule has 1 rings (SSSR count). The molecule has 0 bridgehead atoms. The van der Waals surface area contributed by atoms with Gasteiger partial charge >= 0.3 is 6.36 Å². The maximum Gasteiger partial charge on any atom is 0.573 e. The average Bonchev–Trinajstić information content (AvgIpc) is 2.03. The molecule has 0 saturated carbocycles. The molecular formula is C7H6F3NO2. The molecule has 13 heavy (non-hydrogen) atoms. The zero-order valence-electron chi connectivity index (χ0n) is 6.30. The highest BCUT2D eigenvalue weighted by molar-refractivity contribution is 5.44. The standard InChI is InChI=1S/C7H6F3NO2/c8-7(9,10)13-6-3-1-5(11-12)2-4-6/h1-4,11-12H. The summed E-state index contributed by atoms with van der Waals surface area (Å²) < 4.78 is 38.5. The summed E-state index contributed by atoms with van der Waals surface area (Å²) in [6.07, 6.45) is -4.69. The van der Waals surface area contributed by atoms with E-state index in [2.05, 4.69) is 4.74 Å². The molecule has 1 aromatic carbocycles. The van der Waals surface area contributed by atoms with Crippen LogP contribution in [0.4, 0.5) is 18.9 Å². The molecule has 6 heteroatoms. The Morgan fingerprint density at radius 2 is 1.69 bits per heavy atom. The first kappa shape index (κ1) is 9.66. The first-order valence-electron chi connectivity index (χ1n) is 3.27. The van der Waals surface area contributed by atoms with E-state index >= 15 is 0 Å². The van der Waals surface area contributed by atoms with E-state index in [0.717, 1.165) is 12.1 Å². The third kappa shape index (κ3) is 3.20. The summed E-state index contributed by atoms with van der Waals surface area (Å²) in [6.45, 7) is 0. The SMILES string of the molecule is ONc1ccc(OC(F)(F)F)cc1. The summed E-state index contributed by atoms with van der Waals surface area (Å²) in [4.78, 5) is 0. The van der Waals surface area contributed by atoms with Crippen LogP contribution in [-0.2, 0) is 0 Å². The number of anilines is 1. The molecule has 0 aliphatic heterocycles. The summed E-state index contributed by atoms with van der Waals surface area (Å²) in [6, 6.07) is 4.68. The topological polar surface area (TPSA) is 41.5 Å². The molecule has 0 spiro atoms. The van der Waals surface area contributed by atoms with Crippen LogP contribution in [0.25, 0.3) is 0 Å². The van der Waals surface area contributed by atoms with Gasteiger partial charge < -0.3 is 4.74 Å². The number of halogens is 3. The van der Waals surface area contributed by atoms with Crippen LogP contribution in [0.15, 0.2) is 24.3 Å². The smallest absolute Gasteiger partial charge is 0.406 e. The number of ether oxygens (including phenoxy) is 1. The molecule has 0 radical (unpaired) electrons. The zero-order chi connectivity index (χ0) is 9.90. The van der Waals surface area contributed by atoms with Crippen LogP contribution in [0.3, 0.4) is 0 Å². The molecule has 0 aliphatic carbocycles. The molecule has 1 aromatic rings. The summed E-state index contributed by atoms with van der Waals surface area (Å²) in [5, 5.41) is 8.35. The van der Waals surface area contributed by atoms with Crippen LogP contribution in [-0.4, -0.2) is 11.6 Å². The normalized spacial score (nSPS) is 11.1. The highest BCUT2D eigenvalue weighted by Gasteiger charge is 2.30. The van der Waals surface area contributed by atoms with Crippen molar-refractivity contribution in [3.05, 3.63) is 24.3 Å². The minimum Gasteiger partial charge on any atom is -0.406 e. The van der Waals surface area contributed by atoms with Crippen LogP contribution in [0.2, 0.25) is 0 Å². The summed E-state index contributed by atoms with van der Waals surface area (Å²) in [5.41, 5.74) is 2.07. The Balaban J connectivity index is 2.70. The van der Waals surface area contributed by atoms with E-state index in [-0.39, 0.29) is 11.4 Å². The number of hydrogen-bond acceptors (Lipinski definition) is 3. The Kier molecular flexibility index (Phi) is 2.62. The van der Waals surface area contributed by atoms with Crippen molar-refractivity contribution in [2.24, 2.45) is 0 Å². The van der Waals surface area contributed by atoms with E-state index in [1.54, 1.807) is 5.48 Å². The second-order valence-electron chi connectivity index (χ2n) is 2.18. The van der Waals surface area contributed by atoms with Gasteiger partial charge in [0.05, 0.1) is 5.69 Å². The van der Waals surface area contributed by atoms with Crippen LogP contribution < -0.4 is 10.2 Å². The monoisotopic (exact) mass is 193 g/mol. The summed E-state index contributed by atoms with van der Waals surface area (Å²) in [7, 11) is 0. The molecule has 0 unspecified atom stereocenters. The minimum atomic E-state index is -4.69. The van der Waals surface area contributed by atoms with Crippen molar-refractivity contribution in [3.8, 4) is 5.75 Å². The largest absolute Gasteiger partial charge is 0.573 e. The van der Waals surface area contributed by atoms with Gasteiger partial charge in [-0.1, -0.05) is 0 Å². The fraction of sp³-hybridized carbons (Fsp3) is 0.143. The van der Waals surface area contributed by atoms with E-state index in [0.29, 0.717) is 0 Å². The Labute approximate surface area is 71.7 Å². The fourth-order valence-corrected chi connectivity index (χ4v) is 0.731. The number of benzene rings is 1. The zero-order valence-corrected chi connectivity index (χ0v) is 6.30. The van der Waals surface area contributed by atoms with Crippen molar-refractivity contribution in [1.29, 1.82) is 0 Å². The predicted octanol–water partition coefficient (Wildman–Crippen LogP) is 2.39. The van der Waals surface area contributed by atoms with Gasteiger partial charge in [-0.2, -0.15) is 0 Å². The van der Waals surface area contributed by atoms with E-state index < -0.39 is 6.36 Å². The van der Waals surface area contributed by atoms with Gasteiger partial charge in [0.1, 0.15) is 5.75 Å². The molecular weight excluding hydrogens is 187 g/mol. The molecule has 0 saturated heterocycles. The van der Waals surface area contributed by atoms with E-state index in [1.807, 2.05) is 0 Å². The van der Waals surface area contributed by atoms with Crippen LogP contribution in [0.1, 0.15) is 0 Å². The molecule has 0 heterocycles. The quantitative estimate of drug-likeness (QED) is 0.708. The van der Waals surface area contributed by atoms with Crippen LogP contribution in [0.5, 0.6) is 5.75 Å². The van der Waals surface area contributed by atoms with Gasteiger partial charge in [-0.05, 0) is 24.3 Å². The molecule has 72 valence electrons. The van der Waals surface area contributed by atoms with Crippen molar-refractivity contribution in [3.63, 3.8) is 0 Å². The Morgan fingerprint density at radius 1 is 1.15 bits per heavy atom. The van der Waals surface area contributed by atoms with Gasteiger partial charge in [-0.15, -0.1) is 13.2 Å². The van der Waals surface area contributed by atoms with E-state index in [9.17, 15) is 13.2 Å². The average molecular weight is 193 g/mol. The van der Waals surface area contributed by atoms with Crippen molar-refractivity contribution in [1.82, 2.24) is 0 Å². The van der Waals surface area contributed by atoms with Crippen molar-refractivity contribution >= 4 is 5.69 Å². The van der Waals surface area contributed by atoms with Crippen molar-refractivity contribution in [2.75, 3.05) is 5.48 Å². The third-order valence-electron chi connectivity index (χ3n) is 1.22. The predicted molar refractivity (Wildman–Crippen MR) is 38.5 cm³/mol. The molecule has 0 amide bonds. The lowest BCUT2D eigenvalue weighted by Gasteiger charge is -2.08.